The number of carbonyl (C=O) groups is 2. The molecular weight excluding hydrogens is 392 g/mol. The molecule has 1 aliphatic rings. The van der Waals surface area contributed by atoms with Crippen molar-refractivity contribution in [2.45, 2.75) is 46.1 Å². The van der Waals surface area contributed by atoms with Crippen LogP contribution in [0.4, 0.5) is 0 Å². The minimum Gasteiger partial charge on any atom is -0.490 e. The smallest absolute Gasteiger partial charge is 0.239 e. The number of hydrogen-bond acceptors (Lipinski definition) is 4. The second kappa shape index (κ2) is 11.4. The Morgan fingerprint density at radius 2 is 1.90 bits per heavy atom. The first-order chi connectivity index (χ1) is 15.1. The van der Waals surface area contributed by atoms with Crippen molar-refractivity contribution in [2.24, 2.45) is 0 Å². The molecule has 166 valence electrons. The Labute approximate surface area is 184 Å². The molecule has 0 radical (unpaired) electrons. The molecule has 31 heavy (non-hydrogen) atoms. The first kappa shape index (κ1) is 22.7. The molecule has 2 aromatic carbocycles. The fourth-order valence-corrected chi connectivity index (χ4v) is 3.58. The molecule has 2 aromatic rings. The van der Waals surface area contributed by atoms with Crippen LogP contribution in [0.15, 0.2) is 42.5 Å². The average molecular weight is 425 g/mol. The summed E-state index contributed by atoms with van der Waals surface area (Å²) in [6.45, 7) is 5.95. The van der Waals surface area contributed by atoms with Crippen molar-refractivity contribution in [2.75, 3.05) is 26.3 Å². The fourth-order valence-electron chi connectivity index (χ4n) is 3.58. The summed E-state index contributed by atoms with van der Waals surface area (Å²) in [6, 6.07) is 13.6. The zero-order valence-corrected chi connectivity index (χ0v) is 18.5. The number of fused-ring (bicyclic) bond motifs is 1. The van der Waals surface area contributed by atoms with Gasteiger partial charge in [0.1, 0.15) is 0 Å². The van der Waals surface area contributed by atoms with Crippen LogP contribution in [-0.4, -0.2) is 43.0 Å². The van der Waals surface area contributed by atoms with Crippen LogP contribution in [-0.2, 0) is 22.6 Å². The molecule has 0 atom stereocenters. The summed E-state index contributed by atoms with van der Waals surface area (Å²) < 4.78 is 11.9. The third kappa shape index (κ3) is 6.74. The summed E-state index contributed by atoms with van der Waals surface area (Å²) in [5, 5.41) is 2.93. The lowest BCUT2D eigenvalue weighted by Crippen LogP contribution is -2.41. The van der Waals surface area contributed by atoms with Crippen LogP contribution in [0.3, 0.4) is 0 Å². The Bertz CT molecular complexity index is 880. The van der Waals surface area contributed by atoms with Gasteiger partial charge in [0, 0.05) is 12.1 Å². The van der Waals surface area contributed by atoms with Gasteiger partial charge in [0.2, 0.25) is 11.8 Å². The number of rotatable bonds is 4. The molecule has 0 saturated heterocycles. The molecule has 6 nitrogen and oxygen atoms in total. The van der Waals surface area contributed by atoms with E-state index in [4.69, 9.17) is 9.47 Å². The number of nitrogens with one attached hydrogen (secondary N) is 1. The predicted octanol–water partition coefficient (Wildman–Crippen LogP) is 3.64. The molecule has 0 spiro atoms. The summed E-state index contributed by atoms with van der Waals surface area (Å²) in [6.07, 6.45) is 2.98. The van der Waals surface area contributed by atoms with Crippen molar-refractivity contribution in [3.05, 3.63) is 59.2 Å². The highest BCUT2D eigenvalue weighted by Crippen LogP contribution is 2.33. The molecule has 1 aliphatic heterocycles. The van der Waals surface area contributed by atoms with E-state index in [1.54, 1.807) is 4.90 Å². The molecule has 0 bridgehead atoms. The number of amides is 2. The molecule has 0 aromatic heterocycles. The van der Waals surface area contributed by atoms with Crippen LogP contribution < -0.4 is 14.8 Å². The highest BCUT2D eigenvalue weighted by molar-refractivity contribution is 5.86. The summed E-state index contributed by atoms with van der Waals surface area (Å²) in [5.41, 5.74) is 2.92. The van der Waals surface area contributed by atoms with Gasteiger partial charge in [-0.1, -0.05) is 42.0 Å². The molecule has 6 heteroatoms. The van der Waals surface area contributed by atoms with E-state index < -0.39 is 0 Å². The van der Waals surface area contributed by atoms with Gasteiger partial charge in [0.25, 0.3) is 0 Å². The molecule has 0 aliphatic carbocycles. The maximum Gasteiger partial charge on any atom is 0.239 e. The topological polar surface area (TPSA) is 67.9 Å². The van der Waals surface area contributed by atoms with Crippen molar-refractivity contribution in [1.29, 1.82) is 0 Å². The summed E-state index contributed by atoms with van der Waals surface area (Å²) in [5.74, 6) is 1.10. The van der Waals surface area contributed by atoms with E-state index in [0.29, 0.717) is 31.3 Å². The minimum atomic E-state index is -0.139. The van der Waals surface area contributed by atoms with E-state index in [1.807, 2.05) is 56.3 Å². The Balaban J connectivity index is 1.87. The lowest BCUT2D eigenvalue weighted by molar-refractivity contribution is -0.136. The number of ether oxygens (including phenoxy) is 2. The average Bonchev–Trinajstić information content (AvgIpc) is 2.77. The van der Waals surface area contributed by atoms with Crippen LogP contribution in [0.2, 0.25) is 0 Å². The number of benzene rings is 2. The van der Waals surface area contributed by atoms with Crippen molar-refractivity contribution < 1.29 is 19.1 Å². The van der Waals surface area contributed by atoms with E-state index >= 15 is 0 Å². The monoisotopic (exact) mass is 424 g/mol. The zero-order valence-electron chi connectivity index (χ0n) is 18.5. The van der Waals surface area contributed by atoms with Crippen LogP contribution in [0.5, 0.6) is 11.5 Å². The standard InChI is InChI=1S/C25H32N2O4/c1-3-30-22-9-7-8-21-17-27(24(29)16-20-12-10-19(2)11-13-20)18-23(28)26-14-5-4-6-15-31-25(21)22/h7-13H,3-6,14-18H2,1-2H3,(H,26,28). The van der Waals surface area contributed by atoms with Crippen molar-refractivity contribution >= 4 is 11.8 Å². The molecule has 1 N–H and O–H groups in total. The van der Waals surface area contributed by atoms with E-state index in [2.05, 4.69) is 5.32 Å². The normalized spacial score (nSPS) is 15.4. The van der Waals surface area contributed by atoms with Gasteiger partial charge in [-0.3, -0.25) is 9.59 Å². The Kier molecular flexibility index (Phi) is 8.33. The molecule has 2 amide bonds. The Morgan fingerprint density at radius 1 is 1.10 bits per heavy atom. The molecule has 1 heterocycles. The quantitative estimate of drug-likeness (QED) is 0.814. The molecule has 0 fully saturated rings. The van der Waals surface area contributed by atoms with Crippen molar-refractivity contribution in [3.63, 3.8) is 0 Å². The lowest BCUT2D eigenvalue weighted by Gasteiger charge is -2.24. The summed E-state index contributed by atoms with van der Waals surface area (Å²) in [4.78, 5) is 27.3. The van der Waals surface area contributed by atoms with Gasteiger partial charge in [-0.25, -0.2) is 0 Å². The molecule has 0 unspecified atom stereocenters. The first-order valence-electron chi connectivity index (χ1n) is 11.0. The van der Waals surface area contributed by atoms with E-state index in [1.165, 1.54) is 0 Å². The highest BCUT2D eigenvalue weighted by Gasteiger charge is 2.21. The number of carbonyl (C=O) groups excluding carboxylic acids is 2. The Hall–Kier alpha value is -3.02. The van der Waals surface area contributed by atoms with Crippen LogP contribution in [0.1, 0.15) is 42.9 Å². The van der Waals surface area contributed by atoms with Crippen LogP contribution in [0.25, 0.3) is 0 Å². The van der Waals surface area contributed by atoms with Crippen LogP contribution in [0, 0.1) is 6.92 Å². The van der Waals surface area contributed by atoms with Gasteiger partial charge in [-0.05, 0) is 44.7 Å². The van der Waals surface area contributed by atoms with Gasteiger partial charge in [0.05, 0.1) is 32.7 Å². The lowest BCUT2D eigenvalue weighted by atomic mass is 10.1. The van der Waals surface area contributed by atoms with E-state index in [9.17, 15) is 9.59 Å². The number of hydrogen-bond donors (Lipinski definition) is 1. The van der Waals surface area contributed by atoms with Gasteiger partial charge in [-0.15, -0.1) is 0 Å². The van der Waals surface area contributed by atoms with Crippen molar-refractivity contribution in [3.8, 4) is 11.5 Å². The number of nitrogens with zero attached hydrogens (tertiary/aromatic N) is 1. The zero-order chi connectivity index (χ0) is 22.1. The summed E-state index contributed by atoms with van der Waals surface area (Å²) in [7, 11) is 0. The SMILES string of the molecule is CCOc1cccc2c1OCCCCCNC(=O)CN(C(=O)Cc1ccc(C)cc1)C2. The largest absolute Gasteiger partial charge is 0.490 e. The fraction of sp³-hybridized carbons (Fsp3) is 0.440. The third-order valence-corrected chi connectivity index (χ3v) is 5.27. The van der Waals surface area contributed by atoms with Crippen molar-refractivity contribution in [1.82, 2.24) is 10.2 Å². The Morgan fingerprint density at radius 3 is 2.68 bits per heavy atom. The van der Waals surface area contributed by atoms with Gasteiger partial charge >= 0.3 is 0 Å². The molecule has 0 saturated carbocycles. The first-order valence-corrected chi connectivity index (χ1v) is 11.0. The third-order valence-electron chi connectivity index (χ3n) is 5.27. The summed E-state index contributed by atoms with van der Waals surface area (Å²) >= 11 is 0. The number of aryl methyl sites for hydroxylation is 1. The molecule has 3 rings (SSSR count). The van der Waals surface area contributed by atoms with E-state index in [0.717, 1.165) is 36.0 Å². The highest BCUT2D eigenvalue weighted by atomic mass is 16.5. The van der Waals surface area contributed by atoms with E-state index in [-0.39, 0.29) is 31.3 Å². The maximum atomic E-state index is 13.2. The van der Waals surface area contributed by atoms with Crippen LogP contribution >= 0.6 is 0 Å². The predicted molar refractivity (Wildman–Crippen MR) is 120 cm³/mol. The second-order valence-electron chi connectivity index (χ2n) is 7.85. The van der Waals surface area contributed by atoms with Gasteiger partial charge in [0.15, 0.2) is 11.5 Å². The van der Waals surface area contributed by atoms with Gasteiger partial charge in [-0.2, -0.15) is 0 Å². The van der Waals surface area contributed by atoms with Gasteiger partial charge < -0.3 is 19.7 Å². The maximum absolute atomic E-state index is 13.2. The molecular formula is C25H32N2O4. The minimum absolute atomic E-state index is 0.0169. The second-order valence-corrected chi connectivity index (χ2v) is 7.85. The number of para-hydroxylation sites is 1.